The standard InChI is InChI=1S/C26H33F2N3O2/c1-30-13-11-20(12-14-30)18-31(17-19-5-8-22(27)9-6-19)26(32)29-16-21-7-10-25(24(28)15-21)33-23-3-2-4-23/h5-10,15,20,23H,2-4,11-14,16-18H2,1H3,(H,29,32). The number of piperidine rings is 1. The van der Waals surface area contributed by atoms with Gasteiger partial charge in [0.2, 0.25) is 0 Å². The van der Waals surface area contributed by atoms with Gasteiger partial charge in [-0.15, -0.1) is 0 Å². The molecule has 2 aliphatic rings. The van der Waals surface area contributed by atoms with Gasteiger partial charge < -0.3 is 19.9 Å². The largest absolute Gasteiger partial charge is 0.487 e. The summed E-state index contributed by atoms with van der Waals surface area (Å²) in [5.41, 5.74) is 1.56. The van der Waals surface area contributed by atoms with E-state index in [-0.39, 0.29) is 30.2 Å². The monoisotopic (exact) mass is 457 g/mol. The zero-order valence-electron chi connectivity index (χ0n) is 19.2. The van der Waals surface area contributed by atoms with Crippen LogP contribution in [0.5, 0.6) is 5.75 Å². The van der Waals surface area contributed by atoms with E-state index < -0.39 is 5.82 Å². The van der Waals surface area contributed by atoms with E-state index in [1.165, 1.54) is 18.2 Å². The van der Waals surface area contributed by atoms with Crippen LogP contribution in [0.2, 0.25) is 0 Å². The van der Waals surface area contributed by atoms with E-state index in [0.717, 1.165) is 50.8 Å². The fraction of sp³-hybridized carbons (Fsp3) is 0.500. The van der Waals surface area contributed by atoms with Gasteiger partial charge in [0.1, 0.15) is 5.82 Å². The minimum atomic E-state index is -0.400. The van der Waals surface area contributed by atoms with E-state index in [2.05, 4.69) is 17.3 Å². The van der Waals surface area contributed by atoms with Crippen LogP contribution in [0.25, 0.3) is 0 Å². The summed E-state index contributed by atoms with van der Waals surface area (Å²) in [5, 5.41) is 2.93. The molecule has 0 spiro atoms. The van der Waals surface area contributed by atoms with Crippen LogP contribution in [-0.2, 0) is 13.1 Å². The van der Waals surface area contributed by atoms with Crippen molar-refractivity contribution in [2.75, 3.05) is 26.7 Å². The fourth-order valence-corrected chi connectivity index (χ4v) is 4.29. The number of carbonyl (C=O) groups is 1. The lowest BCUT2D eigenvalue weighted by Crippen LogP contribution is -2.44. The summed E-state index contributed by atoms with van der Waals surface area (Å²) in [6, 6.07) is 10.9. The minimum absolute atomic E-state index is 0.115. The molecule has 0 radical (unpaired) electrons. The van der Waals surface area contributed by atoms with Crippen molar-refractivity contribution in [3.63, 3.8) is 0 Å². The summed E-state index contributed by atoms with van der Waals surface area (Å²) in [4.78, 5) is 17.2. The molecule has 33 heavy (non-hydrogen) atoms. The summed E-state index contributed by atoms with van der Waals surface area (Å²) >= 11 is 0. The van der Waals surface area contributed by atoms with Crippen molar-refractivity contribution in [1.29, 1.82) is 0 Å². The zero-order chi connectivity index (χ0) is 23.2. The minimum Gasteiger partial charge on any atom is -0.487 e. The third kappa shape index (κ3) is 6.67. The number of amides is 2. The molecular weight excluding hydrogens is 424 g/mol. The van der Waals surface area contributed by atoms with E-state index >= 15 is 0 Å². The normalized spacial score (nSPS) is 17.4. The first-order valence-corrected chi connectivity index (χ1v) is 11.9. The molecular formula is C26H33F2N3O2. The first-order valence-electron chi connectivity index (χ1n) is 11.9. The maximum absolute atomic E-state index is 14.4. The molecule has 4 rings (SSSR count). The van der Waals surface area contributed by atoms with Crippen LogP contribution in [0.1, 0.15) is 43.2 Å². The van der Waals surface area contributed by atoms with Crippen molar-refractivity contribution in [1.82, 2.24) is 15.1 Å². The molecule has 1 aliphatic carbocycles. The maximum Gasteiger partial charge on any atom is 0.317 e. The molecule has 1 N–H and O–H groups in total. The number of likely N-dealkylation sites (tertiary alicyclic amines) is 1. The summed E-state index contributed by atoms with van der Waals surface area (Å²) < 4.78 is 33.4. The zero-order valence-corrected chi connectivity index (χ0v) is 19.2. The predicted octanol–water partition coefficient (Wildman–Crippen LogP) is 4.95. The molecule has 2 aromatic rings. The van der Waals surface area contributed by atoms with Gasteiger partial charge in [0.15, 0.2) is 11.6 Å². The average Bonchev–Trinajstić information content (AvgIpc) is 2.78. The molecule has 0 bridgehead atoms. The van der Waals surface area contributed by atoms with Gasteiger partial charge in [-0.2, -0.15) is 0 Å². The van der Waals surface area contributed by atoms with Crippen molar-refractivity contribution in [3.05, 3.63) is 65.2 Å². The van der Waals surface area contributed by atoms with Crippen molar-refractivity contribution in [2.45, 2.75) is 51.3 Å². The molecule has 7 heteroatoms. The van der Waals surface area contributed by atoms with Crippen LogP contribution in [0.4, 0.5) is 13.6 Å². The third-order valence-electron chi connectivity index (χ3n) is 6.68. The van der Waals surface area contributed by atoms with Gasteiger partial charge in [0, 0.05) is 19.6 Å². The molecule has 0 aromatic heterocycles. The molecule has 2 aromatic carbocycles. The highest BCUT2D eigenvalue weighted by Gasteiger charge is 2.23. The van der Waals surface area contributed by atoms with Crippen molar-refractivity contribution in [3.8, 4) is 5.75 Å². The second-order valence-corrected chi connectivity index (χ2v) is 9.35. The summed E-state index contributed by atoms with van der Waals surface area (Å²) in [5.74, 6) is 0.00253. The number of ether oxygens (including phenoxy) is 1. The van der Waals surface area contributed by atoms with Gasteiger partial charge in [0.05, 0.1) is 6.10 Å². The number of nitrogens with zero attached hydrogens (tertiary/aromatic N) is 2. The Labute approximate surface area is 194 Å². The van der Waals surface area contributed by atoms with Crippen LogP contribution < -0.4 is 10.1 Å². The van der Waals surface area contributed by atoms with Gasteiger partial charge >= 0.3 is 6.03 Å². The number of nitrogens with one attached hydrogen (secondary N) is 1. The average molecular weight is 458 g/mol. The molecule has 0 unspecified atom stereocenters. The molecule has 1 aliphatic heterocycles. The summed E-state index contributed by atoms with van der Waals surface area (Å²) in [6.45, 7) is 3.31. The lowest BCUT2D eigenvalue weighted by Gasteiger charge is -2.33. The molecule has 1 saturated heterocycles. The Kier molecular flexibility index (Phi) is 7.81. The van der Waals surface area contributed by atoms with Gasteiger partial charge in [-0.25, -0.2) is 13.6 Å². The van der Waals surface area contributed by atoms with Crippen LogP contribution in [-0.4, -0.2) is 48.6 Å². The number of halogens is 2. The Morgan fingerprint density at radius 3 is 2.39 bits per heavy atom. The van der Waals surface area contributed by atoms with Crippen molar-refractivity contribution < 1.29 is 18.3 Å². The third-order valence-corrected chi connectivity index (χ3v) is 6.68. The van der Waals surface area contributed by atoms with Crippen LogP contribution in [0.3, 0.4) is 0 Å². The van der Waals surface area contributed by atoms with E-state index in [9.17, 15) is 13.6 Å². The highest BCUT2D eigenvalue weighted by atomic mass is 19.1. The van der Waals surface area contributed by atoms with Gasteiger partial charge in [-0.05, 0) is 93.6 Å². The maximum atomic E-state index is 14.4. The van der Waals surface area contributed by atoms with E-state index in [0.29, 0.717) is 24.6 Å². The van der Waals surface area contributed by atoms with Crippen molar-refractivity contribution in [2.24, 2.45) is 5.92 Å². The molecule has 2 amide bonds. The smallest absolute Gasteiger partial charge is 0.317 e. The summed E-state index contributed by atoms with van der Waals surface area (Å²) in [7, 11) is 2.11. The Morgan fingerprint density at radius 2 is 1.76 bits per heavy atom. The first-order chi connectivity index (χ1) is 16.0. The molecule has 1 heterocycles. The lowest BCUT2D eigenvalue weighted by atomic mass is 9.96. The number of hydrogen-bond acceptors (Lipinski definition) is 3. The Hall–Kier alpha value is -2.67. The number of rotatable bonds is 8. The number of urea groups is 1. The molecule has 0 atom stereocenters. The number of carbonyl (C=O) groups excluding carboxylic acids is 1. The molecule has 2 fully saturated rings. The Balaban J connectivity index is 1.37. The molecule has 1 saturated carbocycles. The topological polar surface area (TPSA) is 44.8 Å². The molecule has 5 nitrogen and oxygen atoms in total. The van der Waals surface area contributed by atoms with Gasteiger partial charge in [0.25, 0.3) is 0 Å². The fourth-order valence-electron chi connectivity index (χ4n) is 4.29. The van der Waals surface area contributed by atoms with Gasteiger partial charge in [-0.1, -0.05) is 18.2 Å². The Morgan fingerprint density at radius 1 is 1.06 bits per heavy atom. The SMILES string of the molecule is CN1CCC(CN(Cc2ccc(F)cc2)C(=O)NCc2ccc(OC3CCC3)c(F)c2)CC1. The van der Waals surface area contributed by atoms with Crippen LogP contribution >= 0.6 is 0 Å². The highest BCUT2D eigenvalue weighted by Crippen LogP contribution is 2.27. The van der Waals surface area contributed by atoms with E-state index in [1.54, 1.807) is 29.2 Å². The van der Waals surface area contributed by atoms with Crippen molar-refractivity contribution >= 4 is 6.03 Å². The second kappa shape index (κ2) is 11.0. The van der Waals surface area contributed by atoms with Crippen LogP contribution in [0, 0.1) is 17.6 Å². The van der Waals surface area contributed by atoms with Gasteiger partial charge in [-0.3, -0.25) is 0 Å². The summed E-state index contributed by atoms with van der Waals surface area (Å²) in [6.07, 6.45) is 5.26. The van der Waals surface area contributed by atoms with Crippen LogP contribution in [0.15, 0.2) is 42.5 Å². The number of hydrogen-bond donors (Lipinski definition) is 1. The predicted molar refractivity (Wildman–Crippen MR) is 124 cm³/mol. The quantitative estimate of drug-likeness (QED) is 0.610. The lowest BCUT2D eigenvalue weighted by molar-refractivity contribution is 0.115. The first kappa shape index (κ1) is 23.5. The van der Waals surface area contributed by atoms with E-state index in [4.69, 9.17) is 4.74 Å². The second-order valence-electron chi connectivity index (χ2n) is 9.35. The number of benzene rings is 2. The molecule has 178 valence electrons. The highest BCUT2D eigenvalue weighted by molar-refractivity contribution is 5.74. The Bertz CT molecular complexity index is 926. The van der Waals surface area contributed by atoms with E-state index in [1.807, 2.05) is 0 Å².